The number of benzene rings is 1. The summed E-state index contributed by atoms with van der Waals surface area (Å²) < 4.78 is 12.7. The van der Waals surface area contributed by atoms with E-state index in [0.717, 1.165) is 25.9 Å². The lowest BCUT2D eigenvalue weighted by molar-refractivity contribution is 0.0952. The van der Waals surface area contributed by atoms with Crippen molar-refractivity contribution in [3.8, 4) is 0 Å². The number of piperidine rings is 1. The third kappa shape index (κ3) is 4.10. The van der Waals surface area contributed by atoms with E-state index in [2.05, 4.69) is 5.32 Å². The van der Waals surface area contributed by atoms with Gasteiger partial charge in [-0.15, -0.1) is 12.4 Å². The van der Waals surface area contributed by atoms with Crippen molar-refractivity contribution in [2.45, 2.75) is 19.3 Å². The van der Waals surface area contributed by atoms with Crippen LogP contribution in [0.2, 0.25) is 0 Å². The second-order valence-electron chi connectivity index (χ2n) is 4.33. The van der Waals surface area contributed by atoms with Gasteiger partial charge in [0.25, 0.3) is 0 Å². The summed E-state index contributed by atoms with van der Waals surface area (Å²) in [5.74, 6) is 0.323. The maximum atomic E-state index is 12.7. The first kappa shape index (κ1) is 14.1. The van der Waals surface area contributed by atoms with E-state index >= 15 is 0 Å². The number of hydrogen-bond donors (Lipinski definition) is 1. The Labute approximate surface area is 107 Å². The number of hydrogen-bond acceptors (Lipinski definition) is 2. The van der Waals surface area contributed by atoms with Crippen LogP contribution < -0.4 is 5.32 Å². The highest BCUT2D eigenvalue weighted by Crippen LogP contribution is 2.18. The van der Waals surface area contributed by atoms with Crippen LogP contribution in [0, 0.1) is 11.7 Å². The van der Waals surface area contributed by atoms with Crippen LogP contribution in [0.25, 0.3) is 0 Å². The lowest BCUT2D eigenvalue weighted by Crippen LogP contribution is -2.28. The third-order valence-electron chi connectivity index (χ3n) is 3.10. The van der Waals surface area contributed by atoms with Crippen molar-refractivity contribution in [3.05, 3.63) is 35.6 Å². The first-order chi connectivity index (χ1) is 7.75. The second-order valence-corrected chi connectivity index (χ2v) is 4.33. The molecule has 94 valence electrons. The standard InChI is InChI=1S/C13H16FNO.ClH/c14-12-3-1-11(2-4-12)13(16)9-10-5-7-15-8-6-10;/h1-4,10,15H,5-9H2;1H. The van der Waals surface area contributed by atoms with Gasteiger partial charge in [0.15, 0.2) is 5.78 Å². The van der Waals surface area contributed by atoms with E-state index < -0.39 is 0 Å². The van der Waals surface area contributed by atoms with Gasteiger partial charge in [0.05, 0.1) is 0 Å². The molecule has 1 heterocycles. The van der Waals surface area contributed by atoms with E-state index in [1.807, 2.05) is 0 Å². The largest absolute Gasteiger partial charge is 0.317 e. The molecule has 0 bridgehead atoms. The first-order valence-corrected chi connectivity index (χ1v) is 5.75. The highest BCUT2D eigenvalue weighted by Gasteiger charge is 2.17. The second kappa shape index (κ2) is 6.72. The Morgan fingerprint density at radius 3 is 2.41 bits per heavy atom. The maximum Gasteiger partial charge on any atom is 0.163 e. The zero-order valence-corrected chi connectivity index (χ0v) is 10.4. The molecule has 1 N–H and O–H groups in total. The van der Waals surface area contributed by atoms with E-state index in [0.29, 0.717) is 17.9 Å². The molecule has 1 aromatic carbocycles. The van der Waals surface area contributed by atoms with E-state index in [9.17, 15) is 9.18 Å². The van der Waals surface area contributed by atoms with Crippen molar-refractivity contribution in [2.24, 2.45) is 5.92 Å². The Bertz CT molecular complexity index is 360. The number of carbonyl (C=O) groups is 1. The minimum Gasteiger partial charge on any atom is -0.317 e. The molecule has 1 aromatic rings. The average Bonchev–Trinajstić information content (AvgIpc) is 2.31. The summed E-state index contributed by atoms with van der Waals surface area (Å²) in [5, 5.41) is 3.27. The molecule has 0 saturated carbocycles. The third-order valence-corrected chi connectivity index (χ3v) is 3.10. The van der Waals surface area contributed by atoms with Gasteiger partial charge >= 0.3 is 0 Å². The topological polar surface area (TPSA) is 29.1 Å². The van der Waals surface area contributed by atoms with Crippen molar-refractivity contribution in [2.75, 3.05) is 13.1 Å². The SMILES string of the molecule is Cl.O=C(CC1CCNCC1)c1ccc(F)cc1. The van der Waals surface area contributed by atoms with Gasteiger partial charge in [-0.3, -0.25) is 4.79 Å². The molecule has 1 fully saturated rings. The Morgan fingerprint density at radius 2 is 1.82 bits per heavy atom. The number of halogens is 2. The molecule has 1 aliphatic rings. The van der Waals surface area contributed by atoms with Crippen molar-refractivity contribution in [1.29, 1.82) is 0 Å². The van der Waals surface area contributed by atoms with Crippen LogP contribution in [0.15, 0.2) is 24.3 Å². The van der Waals surface area contributed by atoms with Gasteiger partial charge in [-0.05, 0) is 56.1 Å². The molecule has 0 aliphatic carbocycles. The summed E-state index contributed by atoms with van der Waals surface area (Å²) in [6.07, 6.45) is 2.72. The molecule has 0 amide bonds. The van der Waals surface area contributed by atoms with Crippen molar-refractivity contribution >= 4 is 18.2 Å². The van der Waals surface area contributed by atoms with Gasteiger partial charge in [0, 0.05) is 12.0 Å². The van der Waals surface area contributed by atoms with Crippen molar-refractivity contribution in [1.82, 2.24) is 5.32 Å². The fourth-order valence-corrected chi connectivity index (χ4v) is 2.10. The Hall–Kier alpha value is -0.930. The monoisotopic (exact) mass is 257 g/mol. The van der Waals surface area contributed by atoms with Gasteiger partial charge in [-0.25, -0.2) is 4.39 Å². The fourth-order valence-electron chi connectivity index (χ4n) is 2.10. The van der Waals surface area contributed by atoms with Crippen LogP contribution in [0.5, 0.6) is 0 Å². The van der Waals surface area contributed by atoms with Crippen LogP contribution in [0.1, 0.15) is 29.6 Å². The van der Waals surface area contributed by atoms with E-state index in [1.165, 1.54) is 12.1 Å². The van der Waals surface area contributed by atoms with E-state index in [4.69, 9.17) is 0 Å². The van der Waals surface area contributed by atoms with Crippen LogP contribution in [-0.4, -0.2) is 18.9 Å². The number of ketones is 1. The normalized spacial score (nSPS) is 16.3. The summed E-state index contributed by atoms with van der Waals surface area (Å²) in [4.78, 5) is 11.9. The van der Waals surface area contributed by atoms with Crippen LogP contribution in [0.3, 0.4) is 0 Å². The van der Waals surface area contributed by atoms with Gasteiger partial charge in [0.2, 0.25) is 0 Å². The Morgan fingerprint density at radius 1 is 1.24 bits per heavy atom. The van der Waals surface area contributed by atoms with Gasteiger partial charge in [-0.2, -0.15) is 0 Å². The number of carbonyl (C=O) groups excluding carboxylic acids is 1. The molecule has 1 aliphatic heterocycles. The summed E-state index contributed by atoms with van der Waals surface area (Å²) in [7, 11) is 0. The summed E-state index contributed by atoms with van der Waals surface area (Å²) in [5.41, 5.74) is 0.625. The van der Waals surface area contributed by atoms with Crippen LogP contribution in [-0.2, 0) is 0 Å². The van der Waals surface area contributed by atoms with Gasteiger partial charge < -0.3 is 5.32 Å². The maximum absolute atomic E-state index is 12.7. The minimum atomic E-state index is -0.293. The molecule has 0 unspecified atom stereocenters. The minimum absolute atomic E-state index is 0. The molecule has 0 spiro atoms. The van der Waals surface area contributed by atoms with Crippen LogP contribution >= 0.6 is 12.4 Å². The fraction of sp³-hybridized carbons (Fsp3) is 0.462. The van der Waals surface area contributed by atoms with Crippen molar-refractivity contribution < 1.29 is 9.18 Å². The summed E-state index contributed by atoms with van der Waals surface area (Å²) >= 11 is 0. The predicted octanol–water partition coefficient (Wildman–Crippen LogP) is 2.82. The quantitative estimate of drug-likeness (QED) is 0.844. The molecule has 2 nitrogen and oxygen atoms in total. The van der Waals surface area contributed by atoms with E-state index in [-0.39, 0.29) is 24.0 Å². The highest BCUT2D eigenvalue weighted by molar-refractivity contribution is 5.96. The number of rotatable bonds is 3. The molecule has 2 rings (SSSR count). The zero-order valence-electron chi connectivity index (χ0n) is 9.62. The van der Waals surface area contributed by atoms with Crippen LogP contribution in [0.4, 0.5) is 4.39 Å². The number of nitrogens with one attached hydrogen (secondary N) is 1. The molecule has 0 aromatic heterocycles. The Kier molecular flexibility index (Phi) is 5.59. The Balaban J connectivity index is 0.00000144. The first-order valence-electron chi connectivity index (χ1n) is 5.75. The molecule has 4 heteroatoms. The predicted molar refractivity (Wildman–Crippen MR) is 68.2 cm³/mol. The molecular weight excluding hydrogens is 241 g/mol. The molecule has 0 radical (unpaired) electrons. The molecule has 17 heavy (non-hydrogen) atoms. The molecular formula is C13H17ClFNO. The van der Waals surface area contributed by atoms with Crippen molar-refractivity contribution in [3.63, 3.8) is 0 Å². The highest BCUT2D eigenvalue weighted by atomic mass is 35.5. The molecule has 1 saturated heterocycles. The van der Waals surface area contributed by atoms with Gasteiger partial charge in [-0.1, -0.05) is 0 Å². The zero-order chi connectivity index (χ0) is 11.4. The average molecular weight is 258 g/mol. The summed E-state index contributed by atoms with van der Waals surface area (Å²) in [6, 6.07) is 5.82. The number of Topliss-reactive ketones (excluding diaryl/α,β-unsaturated/α-hetero) is 1. The van der Waals surface area contributed by atoms with E-state index in [1.54, 1.807) is 12.1 Å². The molecule has 0 atom stereocenters. The smallest absolute Gasteiger partial charge is 0.163 e. The summed E-state index contributed by atoms with van der Waals surface area (Å²) in [6.45, 7) is 2.00. The lowest BCUT2D eigenvalue weighted by atomic mass is 9.91. The van der Waals surface area contributed by atoms with Gasteiger partial charge in [0.1, 0.15) is 5.82 Å². The lowest BCUT2D eigenvalue weighted by Gasteiger charge is -2.21.